The third-order valence-corrected chi connectivity index (χ3v) is 4.01. The number of hydrogen-bond acceptors (Lipinski definition) is 3. The minimum Gasteiger partial charge on any atom is -0.406 e. The molecule has 0 fully saturated rings. The van der Waals surface area contributed by atoms with Crippen LogP contribution in [0.2, 0.25) is 0 Å². The molecule has 120 valence electrons. The van der Waals surface area contributed by atoms with Crippen molar-refractivity contribution in [1.29, 1.82) is 0 Å². The van der Waals surface area contributed by atoms with Gasteiger partial charge in [0.15, 0.2) is 0 Å². The van der Waals surface area contributed by atoms with Gasteiger partial charge in [-0.2, -0.15) is 0 Å². The van der Waals surface area contributed by atoms with Crippen molar-refractivity contribution in [2.75, 3.05) is 6.54 Å². The van der Waals surface area contributed by atoms with Gasteiger partial charge >= 0.3 is 6.36 Å². The van der Waals surface area contributed by atoms with Crippen molar-refractivity contribution >= 4 is 10.0 Å². The standard InChI is InChI=1S/C13H18F3NO3S/c1-12(2,3)8-9-17-21(18,19)11-6-4-10(5-7-11)20-13(14,15)16/h4-7,17H,8-9H2,1-3H3. The lowest BCUT2D eigenvalue weighted by atomic mass is 9.93. The number of benzene rings is 1. The molecule has 0 aromatic heterocycles. The molecule has 0 saturated carbocycles. The van der Waals surface area contributed by atoms with E-state index < -0.39 is 22.1 Å². The quantitative estimate of drug-likeness (QED) is 0.904. The summed E-state index contributed by atoms with van der Waals surface area (Å²) in [6, 6.07) is 4.07. The van der Waals surface area contributed by atoms with Gasteiger partial charge in [0.05, 0.1) is 4.90 Å². The monoisotopic (exact) mass is 325 g/mol. The van der Waals surface area contributed by atoms with Gasteiger partial charge in [-0.25, -0.2) is 13.1 Å². The maximum atomic E-state index is 12.0. The van der Waals surface area contributed by atoms with Crippen LogP contribution in [0.25, 0.3) is 0 Å². The van der Waals surface area contributed by atoms with E-state index in [1.165, 1.54) is 0 Å². The fourth-order valence-corrected chi connectivity index (χ4v) is 2.50. The van der Waals surface area contributed by atoms with Crippen LogP contribution in [0.4, 0.5) is 13.2 Å². The summed E-state index contributed by atoms with van der Waals surface area (Å²) in [5.74, 6) is -0.462. The molecule has 0 aliphatic rings. The zero-order valence-corrected chi connectivity index (χ0v) is 12.8. The Morgan fingerprint density at radius 1 is 1.10 bits per heavy atom. The largest absolute Gasteiger partial charge is 0.573 e. The van der Waals surface area contributed by atoms with Gasteiger partial charge in [-0.1, -0.05) is 20.8 Å². The van der Waals surface area contributed by atoms with Crippen molar-refractivity contribution in [3.63, 3.8) is 0 Å². The Balaban J connectivity index is 2.72. The van der Waals surface area contributed by atoms with Gasteiger partial charge in [0.2, 0.25) is 10.0 Å². The van der Waals surface area contributed by atoms with Crippen LogP contribution in [0.15, 0.2) is 29.2 Å². The molecule has 1 N–H and O–H groups in total. The van der Waals surface area contributed by atoms with Crippen LogP contribution in [-0.4, -0.2) is 21.3 Å². The molecule has 1 rings (SSSR count). The van der Waals surface area contributed by atoms with Gasteiger partial charge in [0.25, 0.3) is 0 Å². The van der Waals surface area contributed by atoms with E-state index in [-0.39, 0.29) is 16.9 Å². The van der Waals surface area contributed by atoms with Crippen LogP contribution >= 0.6 is 0 Å². The minimum atomic E-state index is -4.80. The molecule has 0 saturated heterocycles. The second-order valence-corrected chi connectivity index (χ2v) is 7.49. The maximum Gasteiger partial charge on any atom is 0.573 e. The van der Waals surface area contributed by atoms with E-state index in [2.05, 4.69) is 9.46 Å². The Morgan fingerprint density at radius 2 is 1.62 bits per heavy atom. The summed E-state index contributed by atoms with van der Waals surface area (Å²) in [7, 11) is -3.73. The highest BCUT2D eigenvalue weighted by atomic mass is 32.2. The Bertz CT molecular complexity index is 560. The highest BCUT2D eigenvalue weighted by Gasteiger charge is 2.31. The number of nitrogens with one attached hydrogen (secondary N) is 1. The van der Waals surface area contributed by atoms with Gasteiger partial charge in [-0.15, -0.1) is 13.2 Å². The van der Waals surface area contributed by atoms with Crippen molar-refractivity contribution in [2.45, 2.75) is 38.4 Å². The summed E-state index contributed by atoms with van der Waals surface area (Å²) in [6.45, 7) is 6.19. The first-order valence-corrected chi connectivity index (χ1v) is 7.73. The van der Waals surface area contributed by atoms with Crippen LogP contribution < -0.4 is 9.46 Å². The molecular weight excluding hydrogens is 307 g/mol. The maximum absolute atomic E-state index is 12.0. The number of rotatable bonds is 5. The average molecular weight is 325 g/mol. The Morgan fingerprint density at radius 3 is 2.05 bits per heavy atom. The van der Waals surface area contributed by atoms with Gasteiger partial charge in [-0.05, 0) is 36.1 Å². The van der Waals surface area contributed by atoms with Crippen LogP contribution in [0.3, 0.4) is 0 Å². The Hall–Kier alpha value is -1.28. The van der Waals surface area contributed by atoms with E-state index in [1.54, 1.807) is 0 Å². The fourth-order valence-electron chi connectivity index (χ4n) is 1.46. The molecular formula is C13H18F3NO3S. The molecule has 0 atom stereocenters. The number of hydrogen-bond donors (Lipinski definition) is 1. The second-order valence-electron chi connectivity index (χ2n) is 5.73. The van der Waals surface area contributed by atoms with E-state index >= 15 is 0 Å². The molecule has 0 unspecified atom stereocenters. The first kappa shape index (κ1) is 17.8. The van der Waals surface area contributed by atoms with Crippen LogP contribution in [0, 0.1) is 5.41 Å². The minimum absolute atomic E-state index is 0.0209. The highest BCUT2D eigenvalue weighted by molar-refractivity contribution is 7.89. The first-order valence-electron chi connectivity index (χ1n) is 6.25. The lowest BCUT2D eigenvalue weighted by Crippen LogP contribution is -2.27. The number of halogens is 3. The number of sulfonamides is 1. The first-order chi connectivity index (χ1) is 9.39. The van der Waals surface area contributed by atoms with Crippen molar-refractivity contribution in [2.24, 2.45) is 5.41 Å². The molecule has 8 heteroatoms. The third-order valence-electron chi connectivity index (χ3n) is 2.53. The van der Waals surface area contributed by atoms with Crippen LogP contribution in [-0.2, 0) is 10.0 Å². The lowest BCUT2D eigenvalue weighted by molar-refractivity contribution is -0.274. The van der Waals surface area contributed by atoms with Crippen molar-refractivity contribution in [1.82, 2.24) is 4.72 Å². The Labute approximate surface area is 122 Å². The Kier molecular flexibility index (Phi) is 5.27. The van der Waals surface area contributed by atoms with E-state index in [0.29, 0.717) is 6.42 Å². The zero-order chi connectivity index (χ0) is 16.3. The number of alkyl halides is 3. The third kappa shape index (κ3) is 6.81. The van der Waals surface area contributed by atoms with Crippen LogP contribution in [0.5, 0.6) is 5.75 Å². The molecule has 0 heterocycles. The summed E-state index contributed by atoms with van der Waals surface area (Å²) in [4.78, 5) is -0.106. The van der Waals surface area contributed by atoms with E-state index in [1.807, 2.05) is 20.8 Å². The van der Waals surface area contributed by atoms with Crippen molar-refractivity contribution in [3.8, 4) is 5.75 Å². The van der Waals surface area contributed by atoms with E-state index in [9.17, 15) is 21.6 Å². The van der Waals surface area contributed by atoms with Gasteiger partial charge in [0, 0.05) is 6.54 Å². The summed E-state index contributed by atoms with van der Waals surface area (Å²) < 4.78 is 66.0. The molecule has 21 heavy (non-hydrogen) atoms. The summed E-state index contributed by atoms with van der Waals surface area (Å²) in [5.41, 5.74) is -0.0209. The topological polar surface area (TPSA) is 55.4 Å². The lowest BCUT2D eigenvalue weighted by Gasteiger charge is -2.18. The molecule has 0 aliphatic heterocycles. The van der Waals surface area contributed by atoms with Gasteiger partial charge in [0.1, 0.15) is 5.75 Å². The normalized spacial score (nSPS) is 13.2. The van der Waals surface area contributed by atoms with Crippen molar-refractivity contribution in [3.05, 3.63) is 24.3 Å². The molecule has 0 radical (unpaired) electrons. The zero-order valence-electron chi connectivity index (χ0n) is 12.0. The van der Waals surface area contributed by atoms with Gasteiger partial charge in [-0.3, -0.25) is 0 Å². The molecule has 0 bridgehead atoms. The summed E-state index contributed by atoms with van der Waals surface area (Å²) >= 11 is 0. The second kappa shape index (κ2) is 6.23. The van der Waals surface area contributed by atoms with Gasteiger partial charge < -0.3 is 4.74 Å². The fraction of sp³-hybridized carbons (Fsp3) is 0.538. The molecule has 4 nitrogen and oxygen atoms in total. The molecule has 0 spiro atoms. The van der Waals surface area contributed by atoms with E-state index in [4.69, 9.17) is 0 Å². The predicted octanol–water partition coefficient (Wildman–Crippen LogP) is 3.30. The molecule has 0 amide bonds. The predicted molar refractivity (Wildman–Crippen MR) is 72.4 cm³/mol. The smallest absolute Gasteiger partial charge is 0.406 e. The highest BCUT2D eigenvalue weighted by Crippen LogP contribution is 2.24. The molecule has 0 aliphatic carbocycles. The van der Waals surface area contributed by atoms with Crippen LogP contribution in [0.1, 0.15) is 27.2 Å². The summed E-state index contributed by atoms with van der Waals surface area (Å²) in [5, 5.41) is 0. The SMILES string of the molecule is CC(C)(C)CCNS(=O)(=O)c1ccc(OC(F)(F)F)cc1. The van der Waals surface area contributed by atoms with E-state index in [0.717, 1.165) is 24.3 Å². The number of ether oxygens (including phenoxy) is 1. The molecule has 1 aromatic carbocycles. The molecule has 1 aromatic rings. The average Bonchev–Trinajstić information content (AvgIpc) is 2.25. The van der Waals surface area contributed by atoms with Crippen molar-refractivity contribution < 1.29 is 26.3 Å². The summed E-state index contributed by atoms with van der Waals surface area (Å²) in [6.07, 6.45) is -4.16.